The molecule has 2 atom stereocenters. The maximum atomic E-state index is 12.2. The molecule has 1 aliphatic rings. The van der Waals surface area contributed by atoms with Gasteiger partial charge < -0.3 is 15.2 Å². The second-order valence-corrected chi connectivity index (χ2v) is 5.85. The summed E-state index contributed by atoms with van der Waals surface area (Å²) in [5.74, 6) is 0.226. The molecule has 0 saturated carbocycles. The van der Waals surface area contributed by atoms with Crippen LogP contribution in [-0.4, -0.2) is 34.3 Å². The number of hydrogen-bond acceptors (Lipinski definition) is 4. The van der Waals surface area contributed by atoms with E-state index in [4.69, 9.17) is 9.84 Å². The molecule has 0 aliphatic carbocycles. The van der Waals surface area contributed by atoms with Gasteiger partial charge in [0.15, 0.2) is 0 Å². The third-order valence-electron chi connectivity index (χ3n) is 3.94. The molecule has 1 amide bonds. The number of carbonyl (C=O) groups is 1. The number of ether oxygens (including phenoxy) is 1. The maximum Gasteiger partial charge on any atom is 0.253 e. The molecule has 0 aromatic carbocycles. The first-order valence-corrected chi connectivity index (χ1v) is 6.97. The zero-order chi connectivity index (χ0) is 14.8. The molecule has 2 unspecified atom stereocenters. The van der Waals surface area contributed by atoms with Gasteiger partial charge in [0.2, 0.25) is 0 Å². The quantitative estimate of drug-likeness (QED) is 0.880. The fraction of sp³-hybridized carbons (Fsp3) is 0.600. The molecule has 1 aromatic rings. The summed E-state index contributed by atoms with van der Waals surface area (Å²) >= 11 is 0. The van der Waals surface area contributed by atoms with Crippen LogP contribution in [0.4, 0.5) is 5.69 Å². The van der Waals surface area contributed by atoms with Crippen LogP contribution in [0, 0.1) is 5.92 Å². The van der Waals surface area contributed by atoms with Gasteiger partial charge in [-0.25, -0.2) is 0 Å². The van der Waals surface area contributed by atoms with E-state index in [1.165, 1.54) is 0 Å². The van der Waals surface area contributed by atoms with Crippen molar-refractivity contribution in [2.45, 2.75) is 45.3 Å². The highest BCUT2D eigenvalue weighted by molar-refractivity contribution is 5.94. The van der Waals surface area contributed by atoms with Crippen molar-refractivity contribution in [2.75, 3.05) is 11.9 Å². The summed E-state index contributed by atoms with van der Waals surface area (Å²) in [7, 11) is 0. The third-order valence-corrected chi connectivity index (χ3v) is 3.94. The first-order valence-electron chi connectivity index (χ1n) is 6.97. The monoisotopic (exact) mass is 278 g/mol. The van der Waals surface area contributed by atoms with Crippen LogP contribution in [0.2, 0.25) is 0 Å². The maximum absolute atomic E-state index is 12.2. The summed E-state index contributed by atoms with van der Waals surface area (Å²) in [4.78, 5) is 16.3. The van der Waals surface area contributed by atoms with Crippen molar-refractivity contribution in [3.05, 3.63) is 24.0 Å². The smallest absolute Gasteiger partial charge is 0.253 e. The molecule has 1 aliphatic heterocycles. The average molecular weight is 278 g/mol. The van der Waals surface area contributed by atoms with Crippen molar-refractivity contribution in [1.29, 1.82) is 0 Å². The number of carbonyl (C=O) groups excluding carboxylic acids is 1. The minimum absolute atomic E-state index is 0.0435. The summed E-state index contributed by atoms with van der Waals surface area (Å²) in [5.41, 5.74) is 1.18. The molecule has 0 spiro atoms. The van der Waals surface area contributed by atoms with Crippen LogP contribution in [0.1, 0.15) is 32.9 Å². The lowest BCUT2D eigenvalue weighted by molar-refractivity contribution is -0.130. The molecule has 2 N–H and O–H groups in total. The van der Waals surface area contributed by atoms with Crippen molar-refractivity contribution in [3.63, 3.8) is 0 Å². The molecule has 1 aromatic heterocycles. The zero-order valence-electron chi connectivity index (χ0n) is 12.2. The lowest BCUT2D eigenvalue weighted by atomic mass is 9.92. The van der Waals surface area contributed by atoms with Crippen LogP contribution >= 0.6 is 0 Å². The van der Waals surface area contributed by atoms with E-state index in [2.05, 4.69) is 17.2 Å². The molecule has 1 fully saturated rings. The average Bonchev–Trinajstić information content (AvgIpc) is 2.65. The van der Waals surface area contributed by atoms with Crippen molar-refractivity contribution < 1.29 is 14.6 Å². The van der Waals surface area contributed by atoms with E-state index < -0.39 is 6.10 Å². The lowest BCUT2D eigenvalue weighted by Crippen LogP contribution is -2.31. The summed E-state index contributed by atoms with van der Waals surface area (Å²) < 4.78 is 5.81. The third kappa shape index (κ3) is 3.35. The van der Waals surface area contributed by atoms with Crippen LogP contribution in [-0.2, 0) is 16.0 Å². The first kappa shape index (κ1) is 14.9. The molecule has 2 heterocycles. The topological polar surface area (TPSA) is 71.5 Å². The van der Waals surface area contributed by atoms with Crippen molar-refractivity contribution in [3.8, 4) is 0 Å². The SMILES string of the molecule is CC1CC(C(=O)Nc2ccnc(CCO)c2)OC1(C)C. The Morgan fingerprint density at radius 3 is 2.95 bits per heavy atom. The van der Waals surface area contributed by atoms with E-state index in [-0.39, 0.29) is 18.1 Å². The summed E-state index contributed by atoms with van der Waals surface area (Å²) in [6.45, 7) is 6.16. The highest BCUT2D eigenvalue weighted by Gasteiger charge is 2.41. The van der Waals surface area contributed by atoms with Crippen LogP contribution in [0.5, 0.6) is 0 Å². The molecule has 2 rings (SSSR count). The summed E-state index contributed by atoms with van der Waals surface area (Å²) in [5, 5.41) is 11.8. The van der Waals surface area contributed by atoms with Crippen LogP contribution in [0.3, 0.4) is 0 Å². The molecule has 0 radical (unpaired) electrons. The van der Waals surface area contributed by atoms with Gasteiger partial charge in [0, 0.05) is 30.6 Å². The van der Waals surface area contributed by atoms with Gasteiger partial charge in [0.05, 0.1) is 5.60 Å². The van der Waals surface area contributed by atoms with Crippen molar-refractivity contribution in [1.82, 2.24) is 4.98 Å². The van der Waals surface area contributed by atoms with E-state index in [1.54, 1.807) is 18.3 Å². The second kappa shape index (κ2) is 5.89. The molecular formula is C15H22N2O3. The number of nitrogens with one attached hydrogen (secondary N) is 1. The summed E-state index contributed by atoms with van der Waals surface area (Å²) in [6.07, 6.45) is 2.43. The number of pyridine rings is 1. The lowest BCUT2D eigenvalue weighted by Gasteiger charge is -2.22. The van der Waals surface area contributed by atoms with Crippen molar-refractivity contribution in [2.24, 2.45) is 5.92 Å². The van der Waals surface area contributed by atoms with Gasteiger partial charge in [-0.3, -0.25) is 9.78 Å². The van der Waals surface area contributed by atoms with E-state index in [1.807, 2.05) is 13.8 Å². The number of aromatic nitrogens is 1. The molecule has 1 saturated heterocycles. The van der Waals surface area contributed by atoms with Gasteiger partial charge in [-0.2, -0.15) is 0 Å². The fourth-order valence-electron chi connectivity index (χ4n) is 2.33. The van der Waals surface area contributed by atoms with Gasteiger partial charge in [0.25, 0.3) is 5.91 Å². The number of nitrogens with zero attached hydrogens (tertiary/aromatic N) is 1. The Balaban J connectivity index is 2.00. The Hall–Kier alpha value is -1.46. The number of aliphatic hydroxyl groups is 1. The molecule has 5 heteroatoms. The highest BCUT2D eigenvalue weighted by Crippen LogP contribution is 2.35. The zero-order valence-corrected chi connectivity index (χ0v) is 12.2. The number of rotatable bonds is 4. The van der Waals surface area contributed by atoms with Crippen LogP contribution in [0.15, 0.2) is 18.3 Å². The fourth-order valence-corrected chi connectivity index (χ4v) is 2.33. The van der Waals surface area contributed by atoms with E-state index in [0.29, 0.717) is 18.0 Å². The van der Waals surface area contributed by atoms with E-state index >= 15 is 0 Å². The van der Waals surface area contributed by atoms with Gasteiger partial charge in [-0.15, -0.1) is 0 Å². The van der Waals surface area contributed by atoms with Gasteiger partial charge in [-0.1, -0.05) is 6.92 Å². The van der Waals surface area contributed by atoms with E-state index in [0.717, 1.165) is 12.1 Å². The van der Waals surface area contributed by atoms with E-state index in [9.17, 15) is 4.79 Å². The number of amides is 1. The largest absolute Gasteiger partial charge is 0.396 e. The standard InChI is InChI=1S/C15H22N2O3/c1-10-8-13(20-15(10,2)3)14(19)17-12-4-6-16-11(9-12)5-7-18/h4,6,9-10,13,18H,5,7-8H2,1-3H3,(H,16,17,19). The molecular weight excluding hydrogens is 256 g/mol. The molecule has 0 bridgehead atoms. The Bertz CT molecular complexity index is 488. The van der Waals surface area contributed by atoms with Gasteiger partial charge in [-0.05, 0) is 38.3 Å². The molecule has 110 valence electrons. The minimum atomic E-state index is -0.408. The number of anilines is 1. The van der Waals surface area contributed by atoms with Gasteiger partial charge >= 0.3 is 0 Å². The highest BCUT2D eigenvalue weighted by atomic mass is 16.5. The predicted octanol–water partition coefficient (Wildman–Crippen LogP) is 1.76. The van der Waals surface area contributed by atoms with Crippen LogP contribution < -0.4 is 5.32 Å². The Kier molecular flexibility index (Phi) is 4.40. The minimum Gasteiger partial charge on any atom is -0.396 e. The Morgan fingerprint density at radius 2 is 2.35 bits per heavy atom. The normalized spacial score (nSPS) is 24.6. The summed E-state index contributed by atoms with van der Waals surface area (Å²) in [6, 6.07) is 3.51. The molecule has 20 heavy (non-hydrogen) atoms. The number of aliphatic hydroxyl groups excluding tert-OH is 1. The van der Waals surface area contributed by atoms with Crippen LogP contribution in [0.25, 0.3) is 0 Å². The van der Waals surface area contributed by atoms with Crippen molar-refractivity contribution >= 4 is 11.6 Å². The molecule has 5 nitrogen and oxygen atoms in total. The predicted molar refractivity (Wildman–Crippen MR) is 76.4 cm³/mol. The Morgan fingerprint density at radius 1 is 1.60 bits per heavy atom. The van der Waals surface area contributed by atoms with Gasteiger partial charge in [0.1, 0.15) is 6.10 Å². The second-order valence-electron chi connectivity index (χ2n) is 5.85. The Labute approximate surface area is 119 Å². The number of hydrogen-bond donors (Lipinski definition) is 2. The first-order chi connectivity index (χ1) is 9.42.